The van der Waals surface area contributed by atoms with Gasteiger partial charge in [0.25, 0.3) is 0 Å². The van der Waals surface area contributed by atoms with Gasteiger partial charge >= 0.3 is 0 Å². The number of hydrogen-bond donors (Lipinski definition) is 0. The van der Waals surface area contributed by atoms with Gasteiger partial charge in [0.1, 0.15) is 11.5 Å². The molecular weight excluding hydrogens is 262 g/mol. The van der Waals surface area contributed by atoms with Crippen LogP contribution in [-0.2, 0) is 4.79 Å². The molecule has 2 atom stereocenters. The van der Waals surface area contributed by atoms with Crippen molar-refractivity contribution in [3.05, 3.63) is 59.2 Å². The number of fused-ring (bicyclic) bond motifs is 5. The topological polar surface area (TPSA) is 29.5 Å². The minimum Gasteiger partial charge on any atom is -0.457 e. The second kappa shape index (κ2) is 4.35. The van der Waals surface area contributed by atoms with E-state index >= 15 is 0 Å². The number of carbonyl (C=O) groups excluding carboxylic acids is 1. The average Bonchev–Trinajstić information content (AvgIpc) is 2.70. The lowest BCUT2D eigenvalue weighted by molar-refractivity contribution is -0.127. The van der Waals surface area contributed by atoms with Crippen molar-refractivity contribution in [1.82, 2.24) is 4.90 Å². The molecule has 0 aliphatic carbocycles. The highest BCUT2D eigenvalue weighted by molar-refractivity contribution is 5.88. The molecule has 3 heteroatoms. The van der Waals surface area contributed by atoms with Crippen LogP contribution < -0.4 is 4.74 Å². The Morgan fingerprint density at radius 1 is 1.10 bits per heavy atom. The molecule has 1 unspecified atom stereocenters. The molecule has 0 aromatic heterocycles. The standard InChI is InChI=1S/C18H17NO2/c1-11-7-8-16-13(9-11)14-10-19(2)18(20)17(14)12-5-3-4-6-15(12)21-16/h3-9,14,17H,10H2,1-2H3/t14?,17-/m1/s1. The summed E-state index contributed by atoms with van der Waals surface area (Å²) in [7, 11) is 1.88. The Hall–Kier alpha value is -2.29. The van der Waals surface area contributed by atoms with Crippen LogP contribution in [0.15, 0.2) is 42.5 Å². The number of para-hydroxylation sites is 1. The monoisotopic (exact) mass is 279 g/mol. The number of benzene rings is 2. The SMILES string of the molecule is Cc1ccc2c(c1)C1CN(C)C(=O)[C@@H]1c1ccccc1O2. The van der Waals surface area contributed by atoms with Crippen molar-refractivity contribution in [2.75, 3.05) is 13.6 Å². The van der Waals surface area contributed by atoms with Crippen molar-refractivity contribution in [1.29, 1.82) is 0 Å². The maximum absolute atomic E-state index is 12.6. The summed E-state index contributed by atoms with van der Waals surface area (Å²) in [6.45, 7) is 2.82. The number of rotatable bonds is 0. The van der Waals surface area contributed by atoms with E-state index in [4.69, 9.17) is 4.74 Å². The van der Waals surface area contributed by atoms with Crippen LogP contribution in [-0.4, -0.2) is 24.4 Å². The second-order valence-corrected chi connectivity index (χ2v) is 5.98. The van der Waals surface area contributed by atoms with Crippen LogP contribution in [0.2, 0.25) is 0 Å². The zero-order valence-electron chi connectivity index (χ0n) is 12.2. The van der Waals surface area contributed by atoms with Gasteiger partial charge in [0.15, 0.2) is 0 Å². The van der Waals surface area contributed by atoms with Gasteiger partial charge in [-0.15, -0.1) is 0 Å². The van der Waals surface area contributed by atoms with E-state index in [1.165, 1.54) is 5.56 Å². The quantitative estimate of drug-likeness (QED) is 0.739. The van der Waals surface area contributed by atoms with Gasteiger partial charge in [0, 0.05) is 30.6 Å². The lowest BCUT2D eigenvalue weighted by Gasteiger charge is -2.15. The number of ether oxygens (including phenoxy) is 1. The molecular formula is C18H17NO2. The van der Waals surface area contributed by atoms with Crippen molar-refractivity contribution in [3.63, 3.8) is 0 Å². The van der Waals surface area contributed by atoms with E-state index in [9.17, 15) is 4.79 Å². The summed E-state index contributed by atoms with van der Waals surface area (Å²) >= 11 is 0. The van der Waals surface area contributed by atoms with E-state index in [1.807, 2.05) is 42.3 Å². The molecule has 2 heterocycles. The van der Waals surface area contributed by atoms with Gasteiger partial charge in [-0.3, -0.25) is 4.79 Å². The first-order valence-corrected chi connectivity index (χ1v) is 7.27. The van der Waals surface area contributed by atoms with E-state index in [0.717, 1.165) is 29.2 Å². The molecule has 1 fully saturated rings. The van der Waals surface area contributed by atoms with Crippen LogP contribution >= 0.6 is 0 Å². The maximum atomic E-state index is 12.6. The second-order valence-electron chi connectivity index (χ2n) is 5.98. The highest BCUT2D eigenvalue weighted by Crippen LogP contribution is 2.49. The highest BCUT2D eigenvalue weighted by atomic mass is 16.5. The zero-order valence-corrected chi connectivity index (χ0v) is 12.2. The molecule has 0 spiro atoms. The highest BCUT2D eigenvalue weighted by Gasteiger charge is 2.44. The Kier molecular flexibility index (Phi) is 2.58. The van der Waals surface area contributed by atoms with Crippen LogP contribution in [0.5, 0.6) is 11.5 Å². The van der Waals surface area contributed by atoms with Gasteiger partial charge in [-0.1, -0.05) is 35.9 Å². The minimum atomic E-state index is -0.130. The first kappa shape index (κ1) is 12.5. The van der Waals surface area contributed by atoms with Gasteiger partial charge in [-0.25, -0.2) is 0 Å². The Bertz CT molecular complexity index is 738. The first-order chi connectivity index (χ1) is 10.1. The van der Waals surface area contributed by atoms with Crippen molar-refractivity contribution in [2.45, 2.75) is 18.8 Å². The number of aryl methyl sites for hydroxylation is 1. The average molecular weight is 279 g/mol. The van der Waals surface area contributed by atoms with E-state index < -0.39 is 0 Å². The molecule has 2 aromatic rings. The minimum absolute atomic E-state index is 0.130. The van der Waals surface area contributed by atoms with Gasteiger partial charge < -0.3 is 9.64 Å². The molecule has 21 heavy (non-hydrogen) atoms. The summed E-state index contributed by atoms with van der Waals surface area (Å²) in [6, 6.07) is 14.1. The Morgan fingerprint density at radius 2 is 1.86 bits per heavy atom. The summed E-state index contributed by atoms with van der Waals surface area (Å²) in [5, 5.41) is 0. The van der Waals surface area contributed by atoms with E-state index in [-0.39, 0.29) is 17.7 Å². The van der Waals surface area contributed by atoms with Gasteiger partial charge in [-0.05, 0) is 19.1 Å². The van der Waals surface area contributed by atoms with Crippen LogP contribution in [0.25, 0.3) is 0 Å². The zero-order chi connectivity index (χ0) is 14.6. The lowest BCUT2D eigenvalue weighted by Crippen LogP contribution is -2.21. The number of likely N-dealkylation sites (tertiary alicyclic amines) is 1. The molecule has 1 amide bonds. The lowest BCUT2D eigenvalue weighted by atomic mass is 9.83. The molecule has 1 saturated heterocycles. The third kappa shape index (κ3) is 1.77. The molecule has 0 saturated carbocycles. The number of amides is 1. The largest absolute Gasteiger partial charge is 0.457 e. The van der Waals surface area contributed by atoms with E-state index in [1.54, 1.807) is 0 Å². The molecule has 3 nitrogen and oxygen atoms in total. The van der Waals surface area contributed by atoms with E-state index in [0.29, 0.717) is 0 Å². The third-order valence-electron chi connectivity index (χ3n) is 4.55. The maximum Gasteiger partial charge on any atom is 0.230 e. The van der Waals surface area contributed by atoms with Gasteiger partial charge in [0.05, 0.1) is 5.92 Å². The fourth-order valence-corrected chi connectivity index (χ4v) is 3.53. The van der Waals surface area contributed by atoms with Gasteiger partial charge in [-0.2, -0.15) is 0 Å². The number of hydrogen-bond acceptors (Lipinski definition) is 2. The molecule has 106 valence electrons. The van der Waals surface area contributed by atoms with Crippen LogP contribution in [0.1, 0.15) is 28.5 Å². The fourth-order valence-electron chi connectivity index (χ4n) is 3.53. The molecule has 2 aromatic carbocycles. The number of nitrogens with zero attached hydrogens (tertiary/aromatic N) is 1. The molecule has 4 rings (SSSR count). The smallest absolute Gasteiger partial charge is 0.230 e. The third-order valence-corrected chi connectivity index (χ3v) is 4.55. The van der Waals surface area contributed by atoms with Crippen LogP contribution in [0.3, 0.4) is 0 Å². The molecule has 2 aliphatic rings. The first-order valence-electron chi connectivity index (χ1n) is 7.27. The fraction of sp³-hybridized carbons (Fsp3) is 0.278. The van der Waals surface area contributed by atoms with Crippen LogP contribution in [0.4, 0.5) is 0 Å². The van der Waals surface area contributed by atoms with Gasteiger partial charge in [0.2, 0.25) is 5.91 Å². The number of carbonyl (C=O) groups is 1. The summed E-state index contributed by atoms with van der Waals surface area (Å²) in [5.41, 5.74) is 3.35. The molecule has 0 N–H and O–H groups in total. The summed E-state index contributed by atoms with van der Waals surface area (Å²) in [4.78, 5) is 14.5. The molecule has 0 bridgehead atoms. The predicted octanol–water partition coefficient (Wildman–Crippen LogP) is 3.44. The Morgan fingerprint density at radius 3 is 2.71 bits per heavy atom. The van der Waals surface area contributed by atoms with Crippen molar-refractivity contribution < 1.29 is 9.53 Å². The van der Waals surface area contributed by atoms with E-state index in [2.05, 4.69) is 19.1 Å². The van der Waals surface area contributed by atoms with Crippen molar-refractivity contribution >= 4 is 5.91 Å². The molecule has 0 radical (unpaired) electrons. The Labute approximate surface area is 124 Å². The van der Waals surface area contributed by atoms with Crippen molar-refractivity contribution in [2.24, 2.45) is 0 Å². The summed E-state index contributed by atoms with van der Waals surface area (Å²) < 4.78 is 6.11. The summed E-state index contributed by atoms with van der Waals surface area (Å²) in [5.74, 6) is 1.91. The van der Waals surface area contributed by atoms with Crippen molar-refractivity contribution in [3.8, 4) is 11.5 Å². The normalized spacial score (nSPS) is 23.0. The predicted molar refractivity (Wildman–Crippen MR) is 80.8 cm³/mol. The molecule has 2 aliphatic heterocycles. The Balaban J connectivity index is 1.98. The number of likely N-dealkylation sites (N-methyl/N-ethyl adjacent to an activating group) is 1. The summed E-state index contributed by atoms with van der Waals surface area (Å²) in [6.07, 6.45) is 0. The van der Waals surface area contributed by atoms with Crippen LogP contribution in [0, 0.1) is 6.92 Å².